The number of rotatable bonds is 8. The summed E-state index contributed by atoms with van der Waals surface area (Å²) in [6.07, 6.45) is 2.99. The molecule has 3 nitrogen and oxygen atoms in total. The van der Waals surface area contributed by atoms with Crippen LogP contribution >= 0.6 is 0 Å². The molecule has 1 aromatic carbocycles. The SMILES string of the molecule is CCOC(=O)CCCCCOc1cc(F)ccc1C. The van der Waals surface area contributed by atoms with Crippen molar-refractivity contribution in [1.82, 2.24) is 0 Å². The lowest BCUT2D eigenvalue weighted by atomic mass is 10.2. The highest BCUT2D eigenvalue weighted by molar-refractivity contribution is 5.69. The fourth-order valence-electron chi connectivity index (χ4n) is 1.69. The van der Waals surface area contributed by atoms with E-state index in [-0.39, 0.29) is 11.8 Å². The second kappa shape index (κ2) is 8.51. The van der Waals surface area contributed by atoms with Crippen LogP contribution in [0.25, 0.3) is 0 Å². The average molecular weight is 268 g/mol. The zero-order chi connectivity index (χ0) is 14.1. The minimum Gasteiger partial charge on any atom is -0.493 e. The average Bonchev–Trinajstić information content (AvgIpc) is 2.38. The molecule has 0 saturated carbocycles. The molecule has 1 aromatic rings. The number of carbonyl (C=O) groups is 1. The van der Waals surface area contributed by atoms with Crippen LogP contribution in [0, 0.1) is 12.7 Å². The van der Waals surface area contributed by atoms with Crippen LogP contribution < -0.4 is 4.74 Å². The number of carbonyl (C=O) groups excluding carboxylic acids is 1. The molecular formula is C15H21FO3. The number of aryl methyl sites for hydroxylation is 1. The highest BCUT2D eigenvalue weighted by Gasteiger charge is 2.03. The van der Waals surface area contributed by atoms with E-state index in [1.165, 1.54) is 12.1 Å². The summed E-state index contributed by atoms with van der Waals surface area (Å²) in [6, 6.07) is 4.51. The smallest absolute Gasteiger partial charge is 0.305 e. The van der Waals surface area contributed by atoms with Crippen molar-refractivity contribution in [1.29, 1.82) is 0 Å². The van der Waals surface area contributed by atoms with Crippen molar-refractivity contribution in [3.63, 3.8) is 0 Å². The van der Waals surface area contributed by atoms with Crippen LogP contribution in [0.3, 0.4) is 0 Å². The molecule has 0 radical (unpaired) electrons. The first-order chi connectivity index (χ1) is 9.13. The van der Waals surface area contributed by atoms with Crippen LogP contribution in [0.5, 0.6) is 5.75 Å². The Kier molecular flexibility index (Phi) is 6.93. The molecule has 0 bridgehead atoms. The number of benzene rings is 1. The van der Waals surface area contributed by atoms with Crippen LogP contribution in [0.2, 0.25) is 0 Å². The molecule has 0 aliphatic heterocycles. The maximum atomic E-state index is 13.0. The molecule has 0 heterocycles. The van der Waals surface area contributed by atoms with Crippen molar-refractivity contribution >= 4 is 5.97 Å². The summed E-state index contributed by atoms with van der Waals surface area (Å²) >= 11 is 0. The van der Waals surface area contributed by atoms with Gasteiger partial charge in [-0.25, -0.2) is 4.39 Å². The van der Waals surface area contributed by atoms with E-state index in [0.29, 0.717) is 25.4 Å². The van der Waals surface area contributed by atoms with Crippen molar-refractivity contribution in [2.45, 2.75) is 39.5 Å². The summed E-state index contributed by atoms with van der Waals surface area (Å²) in [5, 5.41) is 0. The molecule has 0 unspecified atom stereocenters. The number of halogens is 1. The molecule has 106 valence electrons. The van der Waals surface area contributed by atoms with Gasteiger partial charge in [-0.3, -0.25) is 4.79 Å². The summed E-state index contributed by atoms with van der Waals surface area (Å²) in [5.74, 6) is 0.151. The van der Waals surface area contributed by atoms with E-state index in [4.69, 9.17) is 9.47 Å². The van der Waals surface area contributed by atoms with E-state index in [1.807, 2.05) is 6.92 Å². The van der Waals surface area contributed by atoms with E-state index in [9.17, 15) is 9.18 Å². The second-order valence-electron chi connectivity index (χ2n) is 4.37. The minimum absolute atomic E-state index is 0.149. The van der Waals surface area contributed by atoms with Gasteiger partial charge in [-0.1, -0.05) is 6.07 Å². The van der Waals surface area contributed by atoms with Gasteiger partial charge in [0.15, 0.2) is 0 Å². The molecule has 0 N–H and O–H groups in total. The molecule has 0 spiro atoms. The molecule has 1 rings (SSSR count). The Hall–Kier alpha value is -1.58. The van der Waals surface area contributed by atoms with Crippen molar-refractivity contribution in [3.8, 4) is 5.75 Å². The van der Waals surface area contributed by atoms with Gasteiger partial charge in [-0.2, -0.15) is 0 Å². The summed E-state index contributed by atoms with van der Waals surface area (Å²) in [5.41, 5.74) is 0.924. The lowest BCUT2D eigenvalue weighted by Gasteiger charge is -2.08. The Morgan fingerprint density at radius 3 is 2.79 bits per heavy atom. The van der Waals surface area contributed by atoms with Gasteiger partial charge < -0.3 is 9.47 Å². The lowest BCUT2D eigenvalue weighted by Crippen LogP contribution is -2.04. The number of esters is 1. The molecule has 0 fully saturated rings. The zero-order valence-electron chi connectivity index (χ0n) is 11.6. The number of hydrogen-bond donors (Lipinski definition) is 0. The van der Waals surface area contributed by atoms with E-state index in [0.717, 1.165) is 24.8 Å². The van der Waals surface area contributed by atoms with Crippen LogP contribution in [0.15, 0.2) is 18.2 Å². The summed E-state index contributed by atoms with van der Waals surface area (Å²) in [4.78, 5) is 11.1. The van der Waals surface area contributed by atoms with Crippen LogP contribution in [0.1, 0.15) is 38.2 Å². The minimum atomic E-state index is -0.289. The largest absolute Gasteiger partial charge is 0.493 e. The Balaban J connectivity index is 2.14. The quantitative estimate of drug-likeness (QED) is 0.533. The van der Waals surface area contributed by atoms with E-state index in [2.05, 4.69) is 0 Å². The maximum Gasteiger partial charge on any atom is 0.305 e. The van der Waals surface area contributed by atoms with Gasteiger partial charge in [-0.15, -0.1) is 0 Å². The van der Waals surface area contributed by atoms with Gasteiger partial charge in [0, 0.05) is 12.5 Å². The van der Waals surface area contributed by atoms with Gasteiger partial charge in [0.25, 0.3) is 0 Å². The normalized spacial score (nSPS) is 10.3. The number of ether oxygens (including phenoxy) is 2. The molecule has 0 aliphatic carbocycles. The topological polar surface area (TPSA) is 35.5 Å². The van der Waals surface area contributed by atoms with Gasteiger partial charge >= 0.3 is 5.97 Å². The number of hydrogen-bond acceptors (Lipinski definition) is 3. The van der Waals surface area contributed by atoms with Gasteiger partial charge in [0.2, 0.25) is 0 Å². The van der Waals surface area contributed by atoms with E-state index in [1.54, 1.807) is 13.0 Å². The molecule has 0 amide bonds. The molecule has 0 saturated heterocycles. The maximum absolute atomic E-state index is 13.0. The van der Waals surface area contributed by atoms with Crippen molar-refractivity contribution < 1.29 is 18.7 Å². The zero-order valence-corrected chi connectivity index (χ0v) is 11.6. The molecular weight excluding hydrogens is 247 g/mol. The third kappa shape index (κ3) is 6.22. The molecule has 19 heavy (non-hydrogen) atoms. The van der Waals surface area contributed by atoms with Crippen LogP contribution in [-0.4, -0.2) is 19.2 Å². The summed E-state index contributed by atoms with van der Waals surface area (Å²) in [6.45, 7) is 4.65. The monoisotopic (exact) mass is 268 g/mol. The van der Waals surface area contributed by atoms with E-state index >= 15 is 0 Å². The van der Waals surface area contributed by atoms with Crippen molar-refractivity contribution in [2.24, 2.45) is 0 Å². The fourth-order valence-corrected chi connectivity index (χ4v) is 1.69. The standard InChI is InChI=1S/C15H21FO3/c1-3-18-15(17)7-5-4-6-10-19-14-11-13(16)9-8-12(14)2/h8-9,11H,3-7,10H2,1-2H3. The number of unbranched alkanes of at least 4 members (excludes halogenated alkanes) is 2. The fraction of sp³-hybridized carbons (Fsp3) is 0.533. The van der Waals surface area contributed by atoms with Gasteiger partial charge in [-0.05, 0) is 44.7 Å². The molecule has 0 atom stereocenters. The first-order valence-corrected chi connectivity index (χ1v) is 6.68. The summed E-state index contributed by atoms with van der Waals surface area (Å²) in [7, 11) is 0. The Morgan fingerprint density at radius 1 is 1.26 bits per heavy atom. The van der Waals surface area contributed by atoms with Gasteiger partial charge in [0.1, 0.15) is 11.6 Å². The molecule has 4 heteroatoms. The Bertz CT molecular complexity index is 404. The predicted octanol–water partition coefficient (Wildman–Crippen LogP) is 3.64. The Labute approximate surface area is 113 Å². The Morgan fingerprint density at radius 2 is 2.05 bits per heavy atom. The third-order valence-corrected chi connectivity index (χ3v) is 2.74. The first kappa shape index (κ1) is 15.5. The lowest BCUT2D eigenvalue weighted by molar-refractivity contribution is -0.143. The highest BCUT2D eigenvalue weighted by Crippen LogP contribution is 2.19. The third-order valence-electron chi connectivity index (χ3n) is 2.74. The molecule has 0 aliphatic rings. The predicted molar refractivity (Wildman–Crippen MR) is 71.7 cm³/mol. The van der Waals surface area contributed by atoms with Crippen molar-refractivity contribution in [2.75, 3.05) is 13.2 Å². The second-order valence-corrected chi connectivity index (χ2v) is 4.37. The van der Waals surface area contributed by atoms with Crippen LogP contribution in [0.4, 0.5) is 4.39 Å². The van der Waals surface area contributed by atoms with E-state index < -0.39 is 0 Å². The van der Waals surface area contributed by atoms with Crippen LogP contribution in [-0.2, 0) is 9.53 Å². The molecule has 0 aromatic heterocycles. The summed E-state index contributed by atoms with van der Waals surface area (Å²) < 4.78 is 23.4. The first-order valence-electron chi connectivity index (χ1n) is 6.68. The van der Waals surface area contributed by atoms with Gasteiger partial charge in [0.05, 0.1) is 13.2 Å². The van der Waals surface area contributed by atoms with Crippen molar-refractivity contribution in [3.05, 3.63) is 29.6 Å². The highest BCUT2D eigenvalue weighted by atomic mass is 19.1.